The van der Waals surface area contributed by atoms with Crippen LogP contribution in [0.5, 0.6) is 0 Å². The van der Waals surface area contributed by atoms with Crippen molar-refractivity contribution in [1.29, 1.82) is 5.26 Å². The number of anilines is 1. The summed E-state index contributed by atoms with van der Waals surface area (Å²) in [5.41, 5.74) is 3.66. The molecule has 0 spiro atoms. The van der Waals surface area contributed by atoms with Gasteiger partial charge >= 0.3 is 0 Å². The topological polar surface area (TPSA) is 64.5 Å². The number of nitriles is 1. The zero-order chi connectivity index (χ0) is 15.0. The minimum Gasteiger partial charge on any atom is -0.358 e. The van der Waals surface area contributed by atoms with Crippen LogP contribution >= 0.6 is 39.2 Å². The molecule has 0 aliphatic heterocycles. The van der Waals surface area contributed by atoms with Crippen LogP contribution in [0.25, 0.3) is 10.9 Å². The van der Waals surface area contributed by atoms with Gasteiger partial charge in [0.2, 0.25) is 0 Å². The molecule has 0 saturated heterocycles. The molecule has 0 radical (unpaired) electrons. The Morgan fingerprint density at radius 1 is 1.43 bits per heavy atom. The minimum atomic E-state index is 0.670. The average molecular weight is 379 g/mol. The maximum atomic E-state index is 9.17. The van der Waals surface area contributed by atoms with Crippen molar-refractivity contribution in [3.05, 3.63) is 38.9 Å². The number of halogens is 1. The van der Waals surface area contributed by atoms with Crippen LogP contribution in [0.2, 0.25) is 0 Å². The molecule has 3 rings (SSSR count). The summed E-state index contributed by atoms with van der Waals surface area (Å²) in [6.07, 6.45) is 1.75. The first-order valence-corrected chi connectivity index (χ1v) is 8.59. The molecule has 106 valence electrons. The lowest BCUT2D eigenvalue weighted by Gasteiger charge is -2.06. The molecule has 0 bridgehead atoms. The fourth-order valence-corrected chi connectivity index (χ4v) is 4.45. The van der Waals surface area contributed by atoms with Gasteiger partial charge in [-0.3, -0.25) is 0 Å². The third kappa shape index (κ3) is 2.67. The van der Waals surface area contributed by atoms with Gasteiger partial charge in [-0.1, -0.05) is 6.07 Å². The van der Waals surface area contributed by atoms with E-state index < -0.39 is 0 Å². The predicted octanol–water partition coefficient (Wildman–Crippen LogP) is 4.99. The Morgan fingerprint density at radius 2 is 2.24 bits per heavy atom. The molecule has 0 saturated carbocycles. The molecule has 0 atom stereocenters. The number of aromatic amines is 1. The van der Waals surface area contributed by atoms with Gasteiger partial charge in [0, 0.05) is 28.4 Å². The second-order valence-corrected chi connectivity index (χ2v) is 7.53. The van der Waals surface area contributed by atoms with Gasteiger partial charge < -0.3 is 9.71 Å². The van der Waals surface area contributed by atoms with Crippen molar-refractivity contribution < 1.29 is 0 Å². The molecule has 3 aromatic rings. The van der Waals surface area contributed by atoms with Crippen LogP contribution in [0, 0.1) is 25.2 Å². The monoisotopic (exact) mass is 378 g/mol. The highest BCUT2D eigenvalue weighted by Crippen LogP contribution is 2.34. The number of hydrogen-bond acceptors (Lipinski definition) is 5. The fraction of sp³-hybridized carbons (Fsp3) is 0.143. The summed E-state index contributed by atoms with van der Waals surface area (Å²) in [4.78, 5) is 8.75. The molecule has 7 heteroatoms. The number of hydrogen-bond donors (Lipinski definition) is 2. The molecule has 2 aromatic heterocycles. The lowest BCUT2D eigenvalue weighted by atomic mass is 10.1. The molecule has 0 amide bonds. The molecule has 1 aromatic carbocycles. The van der Waals surface area contributed by atoms with E-state index in [0.29, 0.717) is 5.56 Å². The van der Waals surface area contributed by atoms with Crippen LogP contribution in [0.4, 0.5) is 5.69 Å². The molecule has 0 fully saturated rings. The van der Waals surface area contributed by atoms with Gasteiger partial charge in [0.1, 0.15) is 10.7 Å². The zero-order valence-corrected chi connectivity index (χ0v) is 14.5. The van der Waals surface area contributed by atoms with Gasteiger partial charge in [-0.2, -0.15) is 5.26 Å². The lowest BCUT2D eigenvalue weighted by Crippen LogP contribution is -1.89. The standard InChI is InChI=1S/C14H11BrN4S2/c1-7-3-4-10(12-11(7)9(5-16)6-17-12)19-21-14-18-13(15)8(2)20-14/h3-4,6,17,19H,1-2H3. The summed E-state index contributed by atoms with van der Waals surface area (Å²) in [5, 5.41) is 10.1. The number of nitrogens with one attached hydrogen (secondary N) is 2. The second kappa shape index (κ2) is 5.72. The van der Waals surface area contributed by atoms with Gasteiger partial charge in [0.15, 0.2) is 4.34 Å². The smallest absolute Gasteiger partial charge is 0.171 e. The van der Waals surface area contributed by atoms with Crippen LogP contribution in [0.1, 0.15) is 16.0 Å². The maximum absolute atomic E-state index is 9.17. The highest BCUT2D eigenvalue weighted by molar-refractivity contribution is 9.10. The number of benzene rings is 1. The summed E-state index contributed by atoms with van der Waals surface area (Å²) in [6.45, 7) is 4.04. The normalized spacial score (nSPS) is 10.8. The highest BCUT2D eigenvalue weighted by Gasteiger charge is 2.11. The average Bonchev–Trinajstić information content (AvgIpc) is 3.03. The van der Waals surface area contributed by atoms with Crippen molar-refractivity contribution in [2.24, 2.45) is 0 Å². The first-order chi connectivity index (χ1) is 10.1. The van der Waals surface area contributed by atoms with Crippen molar-refractivity contribution in [1.82, 2.24) is 9.97 Å². The fourth-order valence-electron chi connectivity index (χ4n) is 2.09. The Bertz CT molecular complexity index is 840. The molecule has 0 aliphatic rings. The largest absolute Gasteiger partial charge is 0.358 e. The summed E-state index contributed by atoms with van der Waals surface area (Å²) < 4.78 is 5.14. The molecular formula is C14H11BrN4S2. The molecule has 21 heavy (non-hydrogen) atoms. The third-order valence-corrected chi connectivity index (χ3v) is 6.02. The summed E-state index contributed by atoms with van der Waals surface area (Å²) >= 11 is 6.52. The van der Waals surface area contributed by atoms with Crippen LogP contribution in [0.3, 0.4) is 0 Å². The first-order valence-electron chi connectivity index (χ1n) is 6.16. The van der Waals surface area contributed by atoms with Gasteiger partial charge in [-0.05, 0) is 41.4 Å². The van der Waals surface area contributed by atoms with E-state index in [9.17, 15) is 5.26 Å². The van der Waals surface area contributed by atoms with E-state index in [0.717, 1.165) is 36.0 Å². The highest BCUT2D eigenvalue weighted by atomic mass is 79.9. The Balaban J connectivity index is 1.93. The number of H-pyrrole nitrogens is 1. The van der Waals surface area contributed by atoms with Gasteiger partial charge in [0.25, 0.3) is 0 Å². The van der Waals surface area contributed by atoms with Crippen LogP contribution in [-0.4, -0.2) is 9.97 Å². The predicted molar refractivity (Wildman–Crippen MR) is 91.8 cm³/mol. The van der Waals surface area contributed by atoms with Crippen molar-refractivity contribution in [3.63, 3.8) is 0 Å². The lowest BCUT2D eigenvalue weighted by molar-refractivity contribution is 1.20. The molecule has 2 heterocycles. The Morgan fingerprint density at radius 3 is 2.90 bits per heavy atom. The SMILES string of the molecule is Cc1sc(SNc2ccc(C)c3c(C#N)c[nH]c23)nc1Br. The molecule has 0 aliphatic carbocycles. The Labute approximate surface area is 138 Å². The second-order valence-electron chi connectivity index (χ2n) is 4.53. The molecule has 0 unspecified atom stereocenters. The van der Waals surface area contributed by atoms with Crippen LogP contribution in [0.15, 0.2) is 27.3 Å². The number of aryl methyl sites for hydroxylation is 2. The van der Waals surface area contributed by atoms with Crippen LogP contribution < -0.4 is 4.72 Å². The van der Waals surface area contributed by atoms with Crippen molar-refractivity contribution in [2.45, 2.75) is 18.2 Å². The Hall–Kier alpha value is -1.49. The Kier molecular flexibility index (Phi) is 3.93. The summed E-state index contributed by atoms with van der Waals surface area (Å²) in [7, 11) is 0. The van der Waals surface area contributed by atoms with E-state index in [1.807, 2.05) is 26.0 Å². The summed E-state index contributed by atoms with van der Waals surface area (Å²) in [6, 6.07) is 6.25. The van der Waals surface area contributed by atoms with E-state index in [-0.39, 0.29) is 0 Å². The van der Waals surface area contributed by atoms with E-state index in [1.165, 1.54) is 11.9 Å². The molecular weight excluding hydrogens is 368 g/mol. The minimum absolute atomic E-state index is 0.670. The molecule has 2 N–H and O–H groups in total. The zero-order valence-electron chi connectivity index (χ0n) is 11.3. The van der Waals surface area contributed by atoms with Gasteiger partial charge in [-0.15, -0.1) is 11.3 Å². The van der Waals surface area contributed by atoms with Crippen LogP contribution in [-0.2, 0) is 0 Å². The number of aromatic nitrogens is 2. The maximum Gasteiger partial charge on any atom is 0.171 e. The quantitative estimate of drug-likeness (QED) is 0.629. The van der Waals surface area contributed by atoms with E-state index in [4.69, 9.17) is 0 Å². The van der Waals surface area contributed by atoms with Crippen molar-refractivity contribution in [3.8, 4) is 6.07 Å². The van der Waals surface area contributed by atoms with Crippen molar-refractivity contribution >= 4 is 55.8 Å². The number of rotatable bonds is 3. The van der Waals surface area contributed by atoms with E-state index in [1.54, 1.807) is 17.5 Å². The van der Waals surface area contributed by atoms with Gasteiger partial charge in [-0.25, -0.2) is 4.98 Å². The summed E-state index contributed by atoms with van der Waals surface area (Å²) in [5.74, 6) is 0. The van der Waals surface area contributed by atoms with E-state index in [2.05, 4.69) is 36.7 Å². The van der Waals surface area contributed by atoms with E-state index >= 15 is 0 Å². The van der Waals surface area contributed by atoms with Gasteiger partial charge in [0.05, 0.1) is 16.8 Å². The number of fused-ring (bicyclic) bond motifs is 1. The third-order valence-electron chi connectivity index (χ3n) is 3.13. The number of nitrogens with zero attached hydrogens (tertiary/aromatic N) is 2. The van der Waals surface area contributed by atoms with Crippen molar-refractivity contribution in [2.75, 3.05) is 4.72 Å². The molecule has 4 nitrogen and oxygen atoms in total. The number of thiazole rings is 1. The first kappa shape index (κ1) is 14.4.